The van der Waals surface area contributed by atoms with E-state index in [0.717, 1.165) is 19.3 Å². The van der Waals surface area contributed by atoms with Crippen LogP contribution in [-0.4, -0.2) is 73.4 Å². The van der Waals surface area contributed by atoms with Crippen LogP contribution in [-0.2, 0) is 35.1 Å². The maximum atomic E-state index is 14.1. The highest BCUT2D eigenvalue weighted by atomic mass is 31.2. The Hall–Kier alpha value is -2.99. The predicted octanol–water partition coefficient (Wildman–Crippen LogP) is 8.07. The number of aromatic nitrogens is 3. The molecule has 2 aliphatic rings. The van der Waals surface area contributed by atoms with Gasteiger partial charge >= 0.3 is 7.82 Å². The number of anilines is 1. The monoisotopic (exact) mass is 815 g/mol. The minimum absolute atomic E-state index is 0.210. The van der Waals surface area contributed by atoms with Gasteiger partial charge in [-0.3, -0.25) is 9.05 Å². The summed E-state index contributed by atoms with van der Waals surface area (Å²) in [6, 6.07) is 9.43. The zero-order valence-corrected chi connectivity index (χ0v) is 34.6. The zero-order valence-electron chi connectivity index (χ0n) is 33.7. The van der Waals surface area contributed by atoms with Crippen molar-refractivity contribution in [3.63, 3.8) is 0 Å². The second-order valence-electron chi connectivity index (χ2n) is 16.1. The van der Waals surface area contributed by atoms with Gasteiger partial charge < -0.3 is 30.3 Å². The SMILES string of the molecule is CCCCCCCCCCCCCCCCCCOC[C@@H](CCc1cc(F)cc(C#N)c1)COP(=O)(O)OC1[C@H]2O[C@@](C)(c3ccc4c(N)ncnn34)[C@H](O)[C@@]12O. The molecule has 0 radical (unpaired) electrons. The fourth-order valence-electron chi connectivity index (χ4n) is 8.06. The van der Waals surface area contributed by atoms with Gasteiger partial charge in [0.25, 0.3) is 0 Å². The molecular formula is C42H63FN5O8P. The Morgan fingerprint density at radius 1 is 1.00 bits per heavy atom. The molecule has 1 aliphatic heterocycles. The van der Waals surface area contributed by atoms with Crippen molar-refractivity contribution in [2.24, 2.45) is 5.92 Å². The number of benzene rings is 1. The maximum absolute atomic E-state index is 14.1. The Morgan fingerprint density at radius 3 is 2.23 bits per heavy atom. The average Bonchev–Trinajstić information content (AvgIpc) is 3.43. The Balaban J connectivity index is 1.03. The van der Waals surface area contributed by atoms with Crippen LogP contribution in [0.1, 0.15) is 140 Å². The zero-order chi connectivity index (χ0) is 40.9. The fraction of sp³-hybridized carbons (Fsp3) is 0.690. The summed E-state index contributed by atoms with van der Waals surface area (Å²) in [5.74, 6) is -0.656. The molecular weight excluding hydrogens is 752 g/mol. The fourth-order valence-corrected chi connectivity index (χ4v) is 9.08. The average molecular weight is 816 g/mol. The first-order chi connectivity index (χ1) is 27.4. The molecule has 2 aromatic heterocycles. The lowest BCUT2D eigenvalue weighted by molar-refractivity contribution is -0.126. The van der Waals surface area contributed by atoms with Crippen molar-refractivity contribution in [2.45, 2.75) is 159 Å². The van der Waals surface area contributed by atoms with E-state index in [-0.39, 0.29) is 30.5 Å². The highest BCUT2D eigenvalue weighted by molar-refractivity contribution is 7.47. The number of unbranched alkanes of at least 4 members (excludes halogenated alkanes) is 15. The molecule has 57 heavy (non-hydrogen) atoms. The van der Waals surface area contributed by atoms with Gasteiger partial charge in [-0.1, -0.05) is 103 Å². The van der Waals surface area contributed by atoms with E-state index in [2.05, 4.69) is 17.0 Å². The van der Waals surface area contributed by atoms with Crippen molar-refractivity contribution in [3.05, 3.63) is 59.3 Å². The first-order valence-corrected chi connectivity index (χ1v) is 22.5. The summed E-state index contributed by atoms with van der Waals surface area (Å²) in [5.41, 5.74) is 4.25. The Morgan fingerprint density at radius 2 is 1.63 bits per heavy atom. The number of aliphatic hydroxyl groups is 2. The largest absolute Gasteiger partial charge is 0.472 e. The first-order valence-electron chi connectivity index (χ1n) is 21.0. The minimum Gasteiger partial charge on any atom is -0.386 e. The summed E-state index contributed by atoms with van der Waals surface area (Å²) in [7, 11) is -4.76. The topological polar surface area (TPSA) is 195 Å². The highest BCUT2D eigenvalue weighted by Gasteiger charge is 2.82. The van der Waals surface area contributed by atoms with Crippen LogP contribution in [0.25, 0.3) is 5.52 Å². The van der Waals surface area contributed by atoms with E-state index in [1.165, 1.54) is 106 Å². The molecule has 0 bridgehead atoms. The van der Waals surface area contributed by atoms with Crippen LogP contribution in [0.2, 0.25) is 0 Å². The van der Waals surface area contributed by atoms with Crippen molar-refractivity contribution in [1.82, 2.24) is 14.6 Å². The van der Waals surface area contributed by atoms with Crippen LogP contribution < -0.4 is 5.73 Å². The smallest absolute Gasteiger partial charge is 0.386 e. The van der Waals surface area contributed by atoms with Crippen LogP contribution in [0.4, 0.5) is 10.2 Å². The number of aryl methyl sites for hydroxylation is 1. The van der Waals surface area contributed by atoms with Gasteiger partial charge in [-0.25, -0.2) is 18.5 Å². The number of nitriles is 1. The van der Waals surface area contributed by atoms with E-state index in [0.29, 0.717) is 36.2 Å². The van der Waals surface area contributed by atoms with E-state index >= 15 is 0 Å². The van der Waals surface area contributed by atoms with E-state index < -0.39 is 43.2 Å². The predicted molar refractivity (Wildman–Crippen MR) is 215 cm³/mol. The molecule has 13 nitrogen and oxygen atoms in total. The molecule has 2 unspecified atom stereocenters. The molecule has 1 aromatic carbocycles. The second-order valence-corrected chi connectivity index (χ2v) is 17.5. The lowest BCUT2D eigenvalue weighted by Gasteiger charge is -2.32. The molecule has 3 aromatic rings. The molecule has 5 N–H and O–H groups in total. The molecule has 5 rings (SSSR count). The molecule has 0 spiro atoms. The molecule has 1 saturated heterocycles. The standard InChI is InChI=1S/C42H63FN5O8P/c1-3-4-5-6-7-8-9-10-11-12-13-14-15-16-17-18-23-53-28-32(20-19-31-24-33(27-44)26-34(43)25-31)29-54-57(51,52)56-38-37-42(38,50)40(49)41(2,55-37)36-22-21-35-39(45)46-30-47-48(35)36/h21-22,24-26,30,32,37-38,40,49-50H,3-20,23,28-29H2,1-2H3,(H,51,52)(H2,45,46,47)/t32-,37-,38?,40+,41+,42+/m1/s1. The van der Waals surface area contributed by atoms with E-state index in [1.54, 1.807) is 25.1 Å². The van der Waals surface area contributed by atoms with Crippen molar-refractivity contribution >= 4 is 19.2 Å². The number of nitrogen functional groups attached to an aromatic ring is 1. The molecule has 1 saturated carbocycles. The number of ether oxygens (including phenoxy) is 2. The summed E-state index contributed by atoms with van der Waals surface area (Å²) >= 11 is 0. The van der Waals surface area contributed by atoms with E-state index in [1.807, 2.05) is 6.07 Å². The third kappa shape index (κ3) is 12.0. The number of phosphoric ester groups is 1. The summed E-state index contributed by atoms with van der Waals surface area (Å²) in [4.78, 5) is 14.7. The van der Waals surface area contributed by atoms with Gasteiger partial charge in [0.05, 0.1) is 30.5 Å². The third-order valence-corrected chi connectivity index (χ3v) is 12.5. The summed E-state index contributed by atoms with van der Waals surface area (Å²) < 4.78 is 51.6. The number of nitrogens with two attached hydrogens (primary N) is 1. The van der Waals surface area contributed by atoms with Crippen LogP contribution in [0.3, 0.4) is 0 Å². The number of hydrogen-bond donors (Lipinski definition) is 4. The number of halogens is 1. The van der Waals surface area contributed by atoms with Gasteiger partial charge in [0, 0.05) is 12.5 Å². The normalized spacial score (nSPS) is 24.3. The van der Waals surface area contributed by atoms with Gasteiger partial charge in [-0.15, -0.1) is 0 Å². The number of phosphoric acid groups is 1. The minimum atomic E-state index is -4.76. The number of fused-ring (bicyclic) bond motifs is 2. The van der Waals surface area contributed by atoms with Gasteiger partial charge in [0.2, 0.25) is 0 Å². The number of nitrogens with zero attached hydrogens (tertiary/aromatic N) is 4. The molecule has 3 heterocycles. The Kier molecular flexibility index (Phi) is 16.9. The summed E-state index contributed by atoms with van der Waals surface area (Å²) in [5, 5.41) is 36.1. The number of rotatable bonds is 28. The van der Waals surface area contributed by atoms with Crippen molar-refractivity contribution in [3.8, 4) is 6.07 Å². The Bertz CT molecular complexity index is 1810. The molecule has 1 aliphatic carbocycles. The molecule has 0 amide bonds. The summed E-state index contributed by atoms with van der Waals surface area (Å²) in [6.45, 7) is 4.38. The highest BCUT2D eigenvalue weighted by Crippen LogP contribution is 2.63. The van der Waals surface area contributed by atoms with E-state index in [4.69, 9.17) is 24.3 Å². The van der Waals surface area contributed by atoms with Gasteiger partial charge in [-0.2, -0.15) is 10.4 Å². The third-order valence-electron chi connectivity index (χ3n) is 11.5. The molecule has 15 heteroatoms. The van der Waals surface area contributed by atoms with Crippen molar-refractivity contribution in [2.75, 3.05) is 25.6 Å². The number of aliphatic hydroxyl groups excluding tert-OH is 1. The number of hydrogen-bond acceptors (Lipinski definition) is 11. The van der Waals surface area contributed by atoms with Gasteiger partial charge in [0.1, 0.15) is 41.6 Å². The van der Waals surface area contributed by atoms with Gasteiger partial charge in [0.15, 0.2) is 11.4 Å². The van der Waals surface area contributed by atoms with E-state index in [9.17, 15) is 29.3 Å². The molecule has 7 atom stereocenters. The van der Waals surface area contributed by atoms with Crippen LogP contribution in [0.5, 0.6) is 0 Å². The molecule has 2 fully saturated rings. The summed E-state index contributed by atoms with van der Waals surface area (Å²) in [6.07, 6.45) is 18.5. The van der Waals surface area contributed by atoms with Crippen molar-refractivity contribution in [1.29, 1.82) is 5.26 Å². The second kappa shape index (κ2) is 21.3. The first kappa shape index (κ1) is 45.1. The van der Waals surface area contributed by atoms with Gasteiger partial charge in [-0.05, 0) is 62.1 Å². The molecule has 316 valence electrons. The maximum Gasteiger partial charge on any atom is 0.472 e. The van der Waals surface area contributed by atoms with Crippen LogP contribution in [0.15, 0.2) is 36.7 Å². The van der Waals surface area contributed by atoms with Crippen LogP contribution in [0, 0.1) is 23.1 Å². The van der Waals surface area contributed by atoms with Crippen molar-refractivity contribution < 1.29 is 42.6 Å². The lowest BCUT2D eigenvalue weighted by Crippen LogP contribution is -2.46. The lowest BCUT2D eigenvalue weighted by atomic mass is 9.91. The van der Waals surface area contributed by atoms with Crippen LogP contribution >= 0.6 is 7.82 Å². The quantitative estimate of drug-likeness (QED) is 0.0407. The Labute approximate surface area is 336 Å².